The van der Waals surface area contributed by atoms with Gasteiger partial charge in [0.2, 0.25) is 0 Å². The third-order valence-corrected chi connectivity index (χ3v) is 4.22. The van der Waals surface area contributed by atoms with Gasteiger partial charge in [-0.2, -0.15) is 5.10 Å². The maximum Gasteiger partial charge on any atom is 0.410 e. The fraction of sp³-hybridized carbons (Fsp3) is 0.467. The van der Waals surface area contributed by atoms with E-state index >= 15 is 0 Å². The summed E-state index contributed by atoms with van der Waals surface area (Å²) in [5.74, 6) is 0. The van der Waals surface area contributed by atoms with Crippen molar-refractivity contribution in [1.82, 2.24) is 15.1 Å². The van der Waals surface area contributed by atoms with Gasteiger partial charge >= 0.3 is 6.09 Å². The molecule has 0 fully saturated rings. The van der Waals surface area contributed by atoms with Crippen molar-refractivity contribution >= 4 is 17.4 Å². The molecule has 2 aromatic rings. The number of thiophene rings is 1. The zero-order chi connectivity index (χ0) is 15.0. The number of H-pyrrole nitrogens is 1. The number of amides is 1. The van der Waals surface area contributed by atoms with E-state index < -0.39 is 5.60 Å². The highest BCUT2D eigenvalue weighted by Gasteiger charge is 2.28. The topological polar surface area (TPSA) is 58.2 Å². The lowest BCUT2D eigenvalue weighted by Crippen LogP contribution is -2.39. The number of carbonyl (C=O) groups is 1. The van der Waals surface area contributed by atoms with E-state index in [1.54, 1.807) is 16.2 Å². The van der Waals surface area contributed by atoms with Crippen molar-refractivity contribution in [3.63, 3.8) is 0 Å². The second-order valence-electron chi connectivity index (χ2n) is 6.16. The number of fused-ring (bicyclic) bond motifs is 1. The number of hydrogen-bond acceptors (Lipinski definition) is 4. The second kappa shape index (κ2) is 5.18. The summed E-state index contributed by atoms with van der Waals surface area (Å²) in [6, 6.07) is 4.06. The lowest BCUT2D eigenvalue weighted by molar-refractivity contribution is 0.0224. The predicted molar refractivity (Wildman–Crippen MR) is 82.2 cm³/mol. The summed E-state index contributed by atoms with van der Waals surface area (Å²) in [7, 11) is 0. The van der Waals surface area contributed by atoms with E-state index in [-0.39, 0.29) is 6.09 Å². The van der Waals surface area contributed by atoms with Crippen molar-refractivity contribution in [2.75, 3.05) is 6.54 Å². The van der Waals surface area contributed by atoms with Crippen molar-refractivity contribution in [1.29, 1.82) is 0 Å². The molecule has 0 saturated heterocycles. The molecule has 0 unspecified atom stereocenters. The molecule has 0 radical (unpaired) electrons. The number of carbonyl (C=O) groups excluding carboxylic acids is 1. The number of aromatic nitrogens is 2. The summed E-state index contributed by atoms with van der Waals surface area (Å²) < 4.78 is 5.46. The smallest absolute Gasteiger partial charge is 0.410 e. The van der Waals surface area contributed by atoms with Crippen molar-refractivity contribution in [2.45, 2.75) is 39.3 Å². The van der Waals surface area contributed by atoms with E-state index in [4.69, 9.17) is 4.74 Å². The Labute approximate surface area is 127 Å². The van der Waals surface area contributed by atoms with Crippen LogP contribution in [0, 0.1) is 0 Å². The van der Waals surface area contributed by atoms with Gasteiger partial charge in [-0.25, -0.2) is 4.79 Å². The first kappa shape index (κ1) is 14.1. The monoisotopic (exact) mass is 305 g/mol. The van der Waals surface area contributed by atoms with Crippen molar-refractivity contribution in [3.8, 4) is 10.6 Å². The van der Waals surface area contributed by atoms with Crippen LogP contribution < -0.4 is 0 Å². The molecular formula is C15H19N3O2S. The number of hydrogen-bond donors (Lipinski definition) is 1. The predicted octanol–water partition coefficient (Wildman–Crippen LogP) is 3.43. The lowest BCUT2D eigenvalue weighted by Gasteiger charge is -2.30. The molecule has 1 aliphatic heterocycles. The molecule has 3 heterocycles. The minimum atomic E-state index is -0.468. The van der Waals surface area contributed by atoms with Crippen LogP contribution in [-0.2, 0) is 17.7 Å². The molecule has 1 aliphatic rings. The molecule has 6 heteroatoms. The summed E-state index contributed by atoms with van der Waals surface area (Å²) in [4.78, 5) is 15.1. The Bertz CT molecular complexity index is 640. The highest BCUT2D eigenvalue weighted by Crippen LogP contribution is 2.31. The highest BCUT2D eigenvalue weighted by molar-refractivity contribution is 7.13. The molecule has 0 aliphatic carbocycles. The molecule has 112 valence electrons. The Balaban J connectivity index is 1.82. The standard InChI is InChI=1S/C15H19N3O2S/c1-15(2,3)20-14(19)18-7-6-11-10(9-18)13(17-16-11)12-5-4-8-21-12/h4-5,8H,6-7,9H2,1-3H3,(H,16,17). The molecule has 1 amide bonds. The fourth-order valence-electron chi connectivity index (χ4n) is 2.39. The first-order chi connectivity index (χ1) is 9.94. The molecule has 0 saturated carbocycles. The van der Waals surface area contributed by atoms with Crippen molar-refractivity contribution < 1.29 is 9.53 Å². The largest absolute Gasteiger partial charge is 0.444 e. The maximum atomic E-state index is 12.2. The SMILES string of the molecule is CC(C)(C)OC(=O)N1CCc2[nH]nc(-c3cccs3)c2C1. The molecule has 0 bridgehead atoms. The molecule has 0 atom stereocenters. The van der Waals surface area contributed by atoms with Crippen LogP contribution in [0.4, 0.5) is 4.79 Å². The molecule has 0 spiro atoms. The van der Waals surface area contributed by atoms with Gasteiger partial charge < -0.3 is 9.64 Å². The van der Waals surface area contributed by atoms with Gasteiger partial charge in [-0.15, -0.1) is 11.3 Å². The zero-order valence-corrected chi connectivity index (χ0v) is 13.3. The number of aromatic amines is 1. The summed E-state index contributed by atoms with van der Waals surface area (Å²) in [6.07, 6.45) is 0.527. The molecule has 3 rings (SSSR count). The van der Waals surface area contributed by atoms with E-state index in [1.807, 2.05) is 38.3 Å². The Morgan fingerprint density at radius 3 is 2.95 bits per heavy atom. The molecule has 2 aromatic heterocycles. The van der Waals surface area contributed by atoms with Gasteiger partial charge in [0.05, 0.1) is 11.4 Å². The molecule has 21 heavy (non-hydrogen) atoms. The van der Waals surface area contributed by atoms with Gasteiger partial charge in [0.25, 0.3) is 0 Å². The van der Waals surface area contributed by atoms with Gasteiger partial charge in [0.15, 0.2) is 0 Å². The molecule has 1 N–H and O–H groups in total. The van der Waals surface area contributed by atoms with Gasteiger partial charge in [-0.05, 0) is 32.2 Å². The van der Waals surface area contributed by atoms with Crippen LogP contribution in [0.3, 0.4) is 0 Å². The number of nitrogens with zero attached hydrogens (tertiary/aromatic N) is 2. The Hall–Kier alpha value is -1.82. The van der Waals surface area contributed by atoms with Crippen LogP contribution in [0.15, 0.2) is 17.5 Å². The van der Waals surface area contributed by atoms with Crippen LogP contribution in [0.5, 0.6) is 0 Å². The Kier molecular flexibility index (Phi) is 3.49. The van der Waals surface area contributed by atoms with Crippen LogP contribution in [0.2, 0.25) is 0 Å². The van der Waals surface area contributed by atoms with E-state index in [0.29, 0.717) is 13.1 Å². The van der Waals surface area contributed by atoms with Crippen LogP contribution in [-0.4, -0.2) is 33.3 Å². The first-order valence-electron chi connectivity index (χ1n) is 7.02. The Morgan fingerprint density at radius 2 is 2.29 bits per heavy atom. The number of rotatable bonds is 1. The third kappa shape index (κ3) is 2.95. The average Bonchev–Trinajstić information content (AvgIpc) is 3.04. The van der Waals surface area contributed by atoms with Crippen LogP contribution in [0.1, 0.15) is 32.0 Å². The van der Waals surface area contributed by atoms with Gasteiger partial charge in [-0.1, -0.05) is 6.07 Å². The molecular weight excluding hydrogens is 286 g/mol. The minimum absolute atomic E-state index is 0.258. The number of nitrogens with one attached hydrogen (secondary N) is 1. The van der Waals surface area contributed by atoms with Crippen molar-refractivity contribution in [2.24, 2.45) is 0 Å². The van der Waals surface area contributed by atoms with Crippen LogP contribution in [0.25, 0.3) is 10.6 Å². The van der Waals surface area contributed by atoms with Gasteiger partial charge in [-0.3, -0.25) is 5.10 Å². The summed E-state index contributed by atoms with van der Waals surface area (Å²) >= 11 is 1.66. The summed E-state index contributed by atoms with van der Waals surface area (Å²) in [6.45, 7) is 6.86. The molecule has 0 aromatic carbocycles. The van der Waals surface area contributed by atoms with Gasteiger partial charge in [0, 0.05) is 24.2 Å². The summed E-state index contributed by atoms with van der Waals surface area (Å²) in [5.41, 5.74) is 2.71. The van der Waals surface area contributed by atoms with Gasteiger partial charge in [0.1, 0.15) is 11.3 Å². The van der Waals surface area contributed by atoms with Crippen molar-refractivity contribution in [3.05, 3.63) is 28.8 Å². The quantitative estimate of drug-likeness (QED) is 0.878. The van der Waals surface area contributed by atoms with E-state index in [0.717, 1.165) is 28.2 Å². The average molecular weight is 305 g/mol. The van der Waals surface area contributed by atoms with E-state index in [1.165, 1.54) is 0 Å². The van der Waals surface area contributed by atoms with Crippen LogP contribution >= 0.6 is 11.3 Å². The minimum Gasteiger partial charge on any atom is -0.444 e. The second-order valence-corrected chi connectivity index (χ2v) is 7.11. The molecule has 5 nitrogen and oxygen atoms in total. The number of ether oxygens (including phenoxy) is 1. The maximum absolute atomic E-state index is 12.2. The van der Waals surface area contributed by atoms with E-state index in [9.17, 15) is 4.79 Å². The van der Waals surface area contributed by atoms with E-state index in [2.05, 4.69) is 10.2 Å². The third-order valence-electron chi connectivity index (χ3n) is 3.34. The highest BCUT2D eigenvalue weighted by atomic mass is 32.1. The Morgan fingerprint density at radius 1 is 1.48 bits per heavy atom. The normalized spacial score (nSPS) is 14.9. The fourth-order valence-corrected chi connectivity index (χ4v) is 3.14. The summed E-state index contributed by atoms with van der Waals surface area (Å²) in [5, 5.41) is 9.55. The first-order valence-corrected chi connectivity index (χ1v) is 7.90. The lowest BCUT2D eigenvalue weighted by atomic mass is 10.1. The zero-order valence-electron chi connectivity index (χ0n) is 12.5.